The highest BCUT2D eigenvalue weighted by Crippen LogP contribution is 2.24. The van der Waals surface area contributed by atoms with E-state index in [2.05, 4.69) is 0 Å². The van der Waals surface area contributed by atoms with Gasteiger partial charge in [-0.25, -0.2) is 8.78 Å². The standard InChI is InChI=1S/C12H10F2O2/c1-7-2-5-11(16-7)12(15)8-3-4-9(13)10(14)6-8/h2-6,12,15H,1H3. The van der Waals surface area contributed by atoms with Gasteiger partial charge in [-0.1, -0.05) is 6.07 Å². The molecule has 84 valence electrons. The van der Waals surface area contributed by atoms with E-state index in [0.29, 0.717) is 11.5 Å². The van der Waals surface area contributed by atoms with Crippen LogP contribution in [-0.2, 0) is 0 Å². The Morgan fingerprint density at radius 3 is 2.44 bits per heavy atom. The van der Waals surface area contributed by atoms with Crippen LogP contribution in [0.15, 0.2) is 34.7 Å². The normalized spacial score (nSPS) is 12.8. The first-order valence-corrected chi connectivity index (χ1v) is 4.77. The molecule has 1 aromatic heterocycles. The van der Waals surface area contributed by atoms with Crippen LogP contribution >= 0.6 is 0 Å². The first kappa shape index (κ1) is 10.8. The predicted octanol–water partition coefficient (Wildman–Crippen LogP) is 2.95. The van der Waals surface area contributed by atoms with E-state index >= 15 is 0 Å². The monoisotopic (exact) mass is 224 g/mol. The van der Waals surface area contributed by atoms with Gasteiger partial charge in [0.05, 0.1) is 0 Å². The lowest BCUT2D eigenvalue weighted by atomic mass is 10.1. The molecule has 0 saturated carbocycles. The van der Waals surface area contributed by atoms with Crippen LogP contribution in [0.1, 0.15) is 23.2 Å². The number of rotatable bonds is 2. The minimum atomic E-state index is -1.08. The third kappa shape index (κ3) is 1.97. The molecule has 0 fully saturated rings. The van der Waals surface area contributed by atoms with Gasteiger partial charge in [0.2, 0.25) is 0 Å². The molecule has 0 bridgehead atoms. The Kier molecular flexibility index (Phi) is 2.75. The van der Waals surface area contributed by atoms with E-state index in [1.54, 1.807) is 19.1 Å². The fourth-order valence-corrected chi connectivity index (χ4v) is 1.45. The lowest BCUT2D eigenvalue weighted by Gasteiger charge is -2.08. The fraction of sp³-hybridized carbons (Fsp3) is 0.167. The number of aliphatic hydroxyl groups is 1. The Balaban J connectivity index is 2.33. The molecule has 2 nitrogen and oxygen atoms in total. The highest BCUT2D eigenvalue weighted by Gasteiger charge is 2.15. The summed E-state index contributed by atoms with van der Waals surface area (Å²) in [5.41, 5.74) is 0.258. The van der Waals surface area contributed by atoms with Crippen molar-refractivity contribution >= 4 is 0 Å². The molecule has 16 heavy (non-hydrogen) atoms. The first-order valence-electron chi connectivity index (χ1n) is 4.77. The summed E-state index contributed by atoms with van der Waals surface area (Å²) in [6, 6.07) is 6.54. The van der Waals surface area contributed by atoms with Crippen molar-refractivity contribution in [2.45, 2.75) is 13.0 Å². The molecule has 0 saturated heterocycles. The van der Waals surface area contributed by atoms with Gasteiger partial charge in [0.1, 0.15) is 17.6 Å². The number of hydrogen-bond donors (Lipinski definition) is 1. The molecule has 1 unspecified atom stereocenters. The highest BCUT2D eigenvalue weighted by molar-refractivity contribution is 5.26. The Morgan fingerprint density at radius 1 is 1.12 bits per heavy atom. The van der Waals surface area contributed by atoms with Crippen molar-refractivity contribution in [2.75, 3.05) is 0 Å². The van der Waals surface area contributed by atoms with E-state index < -0.39 is 17.7 Å². The molecule has 0 amide bonds. The molecule has 1 N–H and O–H groups in total. The van der Waals surface area contributed by atoms with Gasteiger partial charge in [-0.15, -0.1) is 0 Å². The molecule has 1 heterocycles. The van der Waals surface area contributed by atoms with Gasteiger partial charge >= 0.3 is 0 Å². The molecule has 0 aliphatic heterocycles. The maximum atomic E-state index is 12.9. The number of hydrogen-bond acceptors (Lipinski definition) is 2. The Bertz CT molecular complexity index is 505. The minimum Gasteiger partial charge on any atom is -0.463 e. The topological polar surface area (TPSA) is 33.4 Å². The fourth-order valence-electron chi connectivity index (χ4n) is 1.45. The number of aryl methyl sites for hydroxylation is 1. The van der Waals surface area contributed by atoms with Crippen molar-refractivity contribution in [2.24, 2.45) is 0 Å². The van der Waals surface area contributed by atoms with Crippen LogP contribution in [-0.4, -0.2) is 5.11 Å². The average Bonchev–Trinajstić information content (AvgIpc) is 2.68. The van der Waals surface area contributed by atoms with Gasteiger partial charge in [-0.05, 0) is 36.8 Å². The van der Waals surface area contributed by atoms with E-state index in [4.69, 9.17) is 4.42 Å². The van der Waals surface area contributed by atoms with Crippen molar-refractivity contribution in [1.29, 1.82) is 0 Å². The zero-order chi connectivity index (χ0) is 11.7. The van der Waals surface area contributed by atoms with Crippen LogP contribution in [0.2, 0.25) is 0 Å². The van der Waals surface area contributed by atoms with Crippen molar-refractivity contribution in [3.8, 4) is 0 Å². The molecule has 1 atom stereocenters. The summed E-state index contributed by atoms with van der Waals surface area (Å²) in [5, 5.41) is 9.84. The predicted molar refractivity (Wildman–Crippen MR) is 53.9 cm³/mol. The first-order chi connectivity index (χ1) is 7.58. The SMILES string of the molecule is Cc1ccc(C(O)c2ccc(F)c(F)c2)o1. The molecular weight excluding hydrogens is 214 g/mol. The summed E-state index contributed by atoms with van der Waals surface area (Å²) < 4.78 is 30.8. The second kappa shape index (κ2) is 4.06. The van der Waals surface area contributed by atoms with Gasteiger partial charge in [0.15, 0.2) is 11.6 Å². The summed E-state index contributed by atoms with van der Waals surface area (Å²) in [6.45, 7) is 1.74. The molecule has 4 heteroatoms. The van der Waals surface area contributed by atoms with Crippen LogP contribution in [0.4, 0.5) is 8.78 Å². The smallest absolute Gasteiger partial charge is 0.159 e. The van der Waals surface area contributed by atoms with Crippen molar-refractivity contribution < 1.29 is 18.3 Å². The lowest BCUT2D eigenvalue weighted by Crippen LogP contribution is -1.99. The number of aliphatic hydroxyl groups excluding tert-OH is 1. The molecular formula is C12H10F2O2. The summed E-state index contributed by atoms with van der Waals surface area (Å²) in [4.78, 5) is 0. The number of halogens is 2. The molecule has 1 aromatic carbocycles. The van der Waals surface area contributed by atoms with Gasteiger partial charge in [-0.2, -0.15) is 0 Å². The molecule has 0 aliphatic carbocycles. The van der Waals surface area contributed by atoms with E-state index in [1.165, 1.54) is 6.07 Å². The van der Waals surface area contributed by atoms with Crippen LogP contribution < -0.4 is 0 Å². The molecule has 2 rings (SSSR count). The third-order valence-corrected chi connectivity index (χ3v) is 2.29. The van der Waals surface area contributed by atoms with E-state index in [0.717, 1.165) is 12.1 Å². The molecule has 0 aliphatic rings. The summed E-state index contributed by atoms with van der Waals surface area (Å²) in [5.74, 6) is -0.966. The van der Waals surface area contributed by atoms with Gasteiger partial charge in [-0.3, -0.25) is 0 Å². The van der Waals surface area contributed by atoms with E-state index in [1.807, 2.05) is 0 Å². The summed E-state index contributed by atoms with van der Waals surface area (Å²) in [6.07, 6.45) is -1.08. The zero-order valence-electron chi connectivity index (χ0n) is 8.58. The van der Waals surface area contributed by atoms with E-state index in [-0.39, 0.29) is 5.56 Å². The second-order valence-corrected chi connectivity index (χ2v) is 3.52. The maximum absolute atomic E-state index is 12.9. The minimum absolute atomic E-state index is 0.258. The molecule has 2 aromatic rings. The van der Waals surface area contributed by atoms with Crippen molar-refractivity contribution in [3.63, 3.8) is 0 Å². The van der Waals surface area contributed by atoms with E-state index in [9.17, 15) is 13.9 Å². The quantitative estimate of drug-likeness (QED) is 0.850. The van der Waals surface area contributed by atoms with Gasteiger partial charge < -0.3 is 9.52 Å². The molecule has 0 radical (unpaired) electrons. The Morgan fingerprint density at radius 2 is 1.88 bits per heavy atom. The van der Waals surface area contributed by atoms with Gasteiger partial charge in [0.25, 0.3) is 0 Å². The molecule has 0 spiro atoms. The van der Waals surface area contributed by atoms with Crippen molar-refractivity contribution in [3.05, 3.63) is 59.1 Å². The zero-order valence-corrected chi connectivity index (χ0v) is 8.58. The van der Waals surface area contributed by atoms with Crippen LogP contribution in [0.25, 0.3) is 0 Å². The third-order valence-electron chi connectivity index (χ3n) is 2.29. The average molecular weight is 224 g/mol. The second-order valence-electron chi connectivity index (χ2n) is 3.52. The Hall–Kier alpha value is -1.68. The summed E-state index contributed by atoms with van der Waals surface area (Å²) in [7, 11) is 0. The highest BCUT2D eigenvalue weighted by atomic mass is 19.2. The van der Waals surface area contributed by atoms with Crippen LogP contribution in [0.3, 0.4) is 0 Å². The number of furan rings is 1. The van der Waals surface area contributed by atoms with Crippen LogP contribution in [0, 0.1) is 18.6 Å². The van der Waals surface area contributed by atoms with Crippen molar-refractivity contribution in [1.82, 2.24) is 0 Å². The summed E-state index contributed by atoms with van der Waals surface area (Å²) >= 11 is 0. The number of benzene rings is 1. The largest absolute Gasteiger partial charge is 0.463 e. The van der Waals surface area contributed by atoms with Crippen LogP contribution in [0.5, 0.6) is 0 Å². The lowest BCUT2D eigenvalue weighted by molar-refractivity contribution is 0.187. The maximum Gasteiger partial charge on any atom is 0.159 e. The Labute approximate surface area is 91.1 Å². The van der Waals surface area contributed by atoms with Gasteiger partial charge in [0, 0.05) is 0 Å².